The van der Waals surface area contributed by atoms with Crippen LogP contribution < -0.4 is 0 Å². The molecule has 8 aromatic carbocycles. The molecule has 0 atom stereocenters. The molecule has 0 aliphatic carbocycles. The monoisotopic (exact) mass is 699 g/mol. The maximum absolute atomic E-state index is 9.44. The molecule has 0 amide bonds. The fourth-order valence-electron chi connectivity index (χ4n) is 7.33. The molecule has 3 heterocycles. The first-order valence-electron chi connectivity index (χ1n) is 21.9. The molecule has 252 valence electrons. The average molecular weight is 700 g/mol. The molecule has 0 unspecified atom stereocenters. The predicted molar refractivity (Wildman–Crippen MR) is 221 cm³/mol. The van der Waals surface area contributed by atoms with E-state index in [1.165, 1.54) is 6.07 Å². The van der Waals surface area contributed by atoms with Crippen LogP contribution in [0.25, 0.3) is 105 Å². The van der Waals surface area contributed by atoms with Crippen molar-refractivity contribution in [3.63, 3.8) is 0 Å². The van der Waals surface area contributed by atoms with Crippen molar-refractivity contribution >= 4 is 54.5 Å². The van der Waals surface area contributed by atoms with Gasteiger partial charge in [-0.3, -0.25) is 0 Å². The van der Waals surface area contributed by atoms with Crippen LogP contribution >= 0.6 is 0 Å². The first-order chi connectivity index (χ1) is 30.5. The summed E-state index contributed by atoms with van der Waals surface area (Å²) in [5.74, 6) is 0.985. The Morgan fingerprint density at radius 2 is 1.17 bits per heavy atom. The van der Waals surface area contributed by atoms with Crippen LogP contribution in [-0.2, 0) is 0 Å². The van der Waals surface area contributed by atoms with Gasteiger partial charge in [0.2, 0.25) is 0 Å². The zero-order chi connectivity index (χ0) is 43.4. The minimum Gasteiger partial charge on any atom is -0.455 e. The number of hydrogen-bond acceptors (Lipinski definition) is 4. The molecular formula is C49H30N4O. The molecule has 0 saturated carbocycles. The number of rotatable bonds is 5. The average Bonchev–Trinajstić information content (AvgIpc) is 3.88. The van der Waals surface area contributed by atoms with E-state index in [4.69, 9.17) is 26.2 Å². The van der Waals surface area contributed by atoms with E-state index in [-0.39, 0.29) is 56.5 Å². The molecule has 0 aliphatic rings. The van der Waals surface area contributed by atoms with E-state index < -0.39 is 36.3 Å². The third kappa shape index (κ3) is 4.76. The highest BCUT2D eigenvalue weighted by molar-refractivity contribution is 6.19. The van der Waals surface area contributed by atoms with Crippen LogP contribution in [0, 0.1) is 0 Å². The lowest BCUT2D eigenvalue weighted by atomic mass is 9.99. The maximum Gasteiger partial charge on any atom is 0.166 e. The first kappa shape index (κ1) is 22.5. The van der Waals surface area contributed by atoms with Crippen molar-refractivity contribution in [1.82, 2.24) is 19.5 Å². The molecule has 5 heteroatoms. The van der Waals surface area contributed by atoms with Crippen molar-refractivity contribution in [2.45, 2.75) is 0 Å². The van der Waals surface area contributed by atoms with Crippen molar-refractivity contribution < 1.29 is 16.8 Å². The summed E-state index contributed by atoms with van der Waals surface area (Å²) in [6, 6.07) is 35.7. The van der Waals surface area contributed by atoms with Gasteiger partial charge in [-0.05, 0) is 35.2 Å². The summed E-state index contributed by atoms with van der Waals surface area (Å²) in [5.41, 5.74) is 5.09. The van der Waals surface area contributed by atoms with E-state index >= 15 is 0 Å². The lowest BCUT2D eigenvalue weighted by molar-refractivity contribution is 0.670. The highest BCUT2D eigenvalue weighted by atomic mass is 16.3. The van der Waals surface area contributed by atoms with Crippen molar-refractivity contribution in [1.29, 1.82) is 0 Å². The number of para-hydroxylation sites is 3. The number of benzene rings is 8. The molecule has 5 nitrogen and oxygen atoms in total. The number of nitrogens with zero attached hydrogens (tertiary/aromatic N) is 4. The lowest BCUT2D eigenvalue weighted by Gasteiger charge is -2.17. The minimum atomic E-state index is -0.563. The fourth-order valence-corrected chi connectivity index (χ4v) is 7.33. The van der Waals surface area contributed by atoms with Gasteiger partial charge in [-0.1, -0.05) is 158 Å². The molecule has 3 aromatic heterocycles. The highest BCUT2D eigenvalue weighted by Gasteiger charge is 2.22. The summed E-state index contributed by atoms with van der Waals surface area (Å²) in [4.78, 5) is 15.0. The number of fused-ring (bicyclic) bond motifs is 8. The summed E-state index contributed by atoms with van der Waals surface area (Å²) in [6.07, 6.45) is 0. The van der Waals surface area contributed by atoms with Crippen LogP contribution in [-0.4, -0.2) is 19.5 Å². The van der Waals surface area contributed by atoms with Crippen LogP contribution in [0.3, 0.4) is 0 Å². The SMILES string of the molecule is [2H]c1cc([2H])c2c(c1[2H])c1c([2H])c([2H])c3c([2H])c([2H])c([2H])c([2H])c3c1n2-c1cc(-c2cccc3c2oc2ccccc23)ccc1-c1nc(-c2ccccc2)nc(-c2ccccc2)n1. The van der Waals surface area contributed by atoms with Crippen LogP contribution in [0.15, 0.2) is 186 Å². The van der Waals surface area contributed by atoms with E-state index in [1.807, 2.05) is 121 Å². The van der Waals surface area contributed by atoms with Crippen LogP contribution in [0.5, 0.6) is 0 Å². The fraction of sp³-hybridized carbons (Fsp3) is 0. The molecule has 0 saturated heterocycles. The van der Waals surface area contributed by atoms with Gasteiger partial charge in [0.25, 0.3) is 0 Å². The Labute approximate surface area is 323 Å². The summed E-state index contributed by atoms with van der Waals surface area (Å²) < 4.78 is 89.8. The molecule has 0 radical (unpaired) electrons. The zero-order valence-electron chi connectivity index (χ0n) is 37.3. The quantitative estimate of drug-likeness (QED) is 0.179. The van der Waals surface area contributed by atoms with Gasteiger partial charge in [0.05, 0.1) is 29.1 Å². The topological polar surface area (TPSA) is 56.7 Å². The van der Waals surface area contributed by atoms with Gasteiger partial charge in [-0.25, -0.2) is 15.0 Å². The maximum atomic E-state index is 9.44. The predicted octanol–water partition coefficient (Wildman–Crippen LogP) is 12.7. The van der Waals surface area contributed by atoms with Gasteiger partial charge in [0.15, 0.2) is 17.5 Å². The van der Waals surface area contributed by atoms with Gasteiger partial charge in [0, 0.05) is 49.2 Å². The van der Waals surface area contributed by atoms with Crippen molar-refractivity contribution in [2.75, 3.05) is 0 Å². The van der Waals surface area contributed by atoms with Crippen LogP contribution in [0.2, 0.25) is 0 Å². The molecule has 0 spiro atoms. The van der Waals surface area contributed by atoms with Crippen LogP contribution in [0.4, 0.5) is 0 Å². The minimum absolute atomic E-state index is 0.00136. The Bertz CT molecular complexity index is 3680. The Morgan fingerprint density at radius 3 is 1.98 bits per heavy atom. The standard InChI is InChI=1S/C49H30N4O/c1-3-15-32(16-4-1)47-50-48(33-17-5-2-6-18-33)52-49(51-47)41-29-27-34(36-22-13-23-40-38-21-10-12-25-44(38)54-46(36)40)30-43(41)53-42-24-11-9-20-37(42)39-28-26-31-14-7-8-19-35(31)45(39)53/h1-30H/i7D,8D,9D,14D,19D,20D,24D,26D,28D. The molecule has 54 heavy (non-hydrogen) atoms. The van der Waals surface area contributed by atoms with E-state index in [9.17, 15) is 5.48 Å². The van der Waals surface area contributed by atoms with Gasteiger partial charge in [-0.2, -0.15) is 0 Å². The van der Waals surface area contributed by atoms with Gasteiger partial charge in [-0.15, -0.1) is 0 Å². The molecule has 0 aliphatic heterocycles. The van der Waals surface area contributed by atoms with E-state index in [1.54, 1.807) is 4.57 Å². The molecule has 11 rings (SSSR count). The number of furan rings is 1. The highest BCUT2D eigenvalue weighted by Crippen LogP contribution is 2.42. The zero-order valence-corrected chi connectivity index (χ0v) is 28.3. The first-order valence-corrected chi connectivity index (χ1v) is 17.4. The van der Waals surface area contributed by atoms with E-state index in [0.717, 1.165) is 27.5 Å². The Hall–Kier alpha value is -7.37. The summed E-state index contributed by atoms with van der Waals surface area (Å²) >= 11 is 0. The van der Waals surface area contributed by atoms with E-state index in [0.29, 0.717) is 39.6 Å². The van der Waals surface area contributed by atoms with Crippen molar-refractivity contribution in [3.05, 3.63) is 182 Å². The Balaban J connectivity index is 1.35. The summed E-state index contributed by atoms with van der Waals surface area (Å²) in [7, 11) is 0. The van der Waals surface area contributed by atoms with Gasteiger partial charge < -0.3 is 8.98 Å². The third-order valence-electron chi connectivity index (χ3n) is 9.78. The lowest BCUT2D eigenvalue weighted by Crippen LogP contribution is -2.04. The second kappa shape index (κ2) is 12.1. The largest absolute Gasteiger partial charge is 0.455 e. The van der Waals surface area contributed by atoms with Crippen molar-refractivity contribution in [3.8, 4) is 51.0 Å². The second-order valence-corrected chi connectivity index (χ2v) is 12.9. The molecule has 0 N–H and O–H groups in total. The molecule has 0 fully saturated rings. The summed E-state index contributed by atoms with van der Waals surface area (Å²) in [5, 5.41) is 1.60. The number of hydrogen-bond donors (Lipinski definition) is 0. The Morgan fingerprint density at radius 1 is 0.463 bits per heavy atom. The third-order valence-corrected chi connectivity index (χ3v) is 9.78. The Kier molecular flexibility index (Phi) is 5.06. The molecule has 0 bridgehead atoms. The smallest absolute Gasteiger partial charge is 0.166 e. The second-order valence-electron chi connectivity index (χ2n) is 12.9. The van der Waals surface area contributed by atoms with Crippen LogP contribution in [0.1, 0.15) is 12.3 Å². The van der Waals surface area contributed by atoms with Crippen molar-refractivity contribution in [2.24, 2.45) is 0 Å². The summed E-state index contributed by atoms with van der Waals surface area (Å²) in [6.45, 7) is 0. The number of aromatic nitrogens is 4. The van der Waals surface area contributed by atoms with Gasteiger partial charge in [0.1, 0.15) is 11.2 Å². The van der Waals surface area contributed by atoms with E-state index in [2.05, 4.69) is 0 Å². The molecular weight excluding hydrogens is 661 g/mol. The molecule has 11 aromatic rings. The normalized spacial score (nSPS) is 14.0. The van der Waals surface area contributed by atoms with Gasteiger partial charge >= 0.3 is 0 Å².